The molecule has 0 saturated heterocycles. The van der Waals surface area contributed by atoms with E-state index < -0.39 is 0 Å². The van der Waals surface area contributed by atoms with Gasteiger partial charge in [-0.05, 0) is 48.9 Å². The number of halogens is 1. The molecule has 4 heteroatoms. The summed E-state index contributed by atoms with van der Waals surface area (Å²) in [7, 11) is 1.64. The summed E-state index contributed by atoms with van der Waals surface area (Å²) < 4.78 is 24.6. The van der Waals surface area contributed by atoms with Crippen molar-refractivity contribution < 1.29 is 13.5 Å². The largest absolute Gasteiger partial charge is 0.497 e. The molecular formula is C18H18FNO2. The van der Waals surface area contributed by atoms with Gasteiger partial charge in [0.2, 0.25) is 0 Å². The predicted molar refractivity (Wildman–Crippen MR) is 84.7 cm³/mol. The van der Waals surface area contributed by atoms with E-state index in [1.165, 1.54) is 12.1 Å². The van der Waals surface area contributed by atoms with E-state index in [4.69, 9.17) is 14.9 Å². The van der Waals surface area contributed by atoms with Crippen LogP contribution in [0.1, 0.15) is 16.9 Å². The van der Waals surface area contributed by atoms with E-state index in [9.17, 15) is 4.39 Å². The normalized spacial score (nSPS) is 11.0. The van der Waals surface area contributed by atoms with E-state index in [0.29, 0.717) is 19.4 Å². The molecular weight excluding hydrogens is 281 g/mol. The summed E-state index contributed by atoms with van der Waals surface area (Å²) in [6.07, 6.45) is 1.26. The van der Waals surface area contributed by atoms with Crippen LogP contribution in [0.25, 0.3) is 11.0 Å². The van der Waals surface area contributed by atoms with Gasteiger partial charge in [-0.25, -0.2) is 4.39 Å². The van der Waals surface area contributed by atoms with Crippen molar-refractivity contribution >= 4 is 11.0 Å². The Morgan fingerprint density at radius 1 is 1.18 bits per heavy atom. The number of hydrogen-bond acceptors (Lipinski definition) is 3. The second-order valence-corrected chi connectivity index (χ2v) is 5.21. The zero-order valence-corrected chi connectivity index (χ0v) is 12.4. The first kappa shape index (κ1) is 14.6. The van der Waals surface area contributed by atoms with Crippen molar-refractivity contribution in [3.05, 3.63) is 65.2 Å². The van der Waals surface area contributed by atoms with Crippen LogP contribution in [-0.4, -0.2) is 13.7 Å². The average Bonchev–Trinajstić information content (AvgIpc) is 2.84. The molecule has 1 aromatic heterocycles. The molecule has 22 heavy (non-hydrogen) atoms. The highest BCUT2D eigenvalue weighted by molar-refractivity contribution is 5.84. The van der Waals surface area contributed by atoms with Crippen molar-refractivity contribution in [2.75, 3.05) is 13.7 Å². The Morgan fingerprint density at radius 3 is 2.77 bits per heavy atom. The quantitative estimate of drug-likeness (QED) is 0.782. The third-order valence-electron chi connectivity index (χ3n) is 3.73. The van der Waals surface area contributed by atoms with Gasteiger partial charge in [0.05, 0.1) is 7.11 Å². The Labute approximate surface area is 128 Å². The topological polar surface area (TPSA) is 48.4 Å². The van der Waals surface area contributed by atoms with Crippen LogP contribution in [0.15, 0.2) is 46.9 Å². The highest BCUT2D eigenvalue weighted by atomic mass is 19.1. The van der Waals surface area contributed by atoms with Gasteiger partial charge < -0.3 is 14.9 Å². The lowest BCUT2D eigenvalue weighted by Gasteiger charge is -2.03. The van der Waals surface area contributed by atoms with Crippen LogP contribution in [0.3, 0.4) is 0 Å². The Bertz CT molecular complexity index is 795. The highest BCUT2D eigenvalue weighted by Crippen LogP contribution is 2.31. The maximum absolute atomic E-state index is 13.4. The molecule has 3 aromatic rings. The van der Waals surface area contributed by atoms with Crippen molar-refractivity contribution in [2.24, 2.45) is 5.73 Å². The third-order valence-corrected chi connectivity index (χ3v) is 3.73. The third kappa shape index (κ3) is 2.83. The van der Waals surface area contributed by atoms with E-state index in [2.05, 4.69) is 0 Å². The average molecular weight is 299 g/mol. The Hall–Kier alpha value is -2.33. The lowest BCUT2D eigenvalue weighted by atomic mass is 10.0. The van der Waals surface area contributed by atoms with Crippen molar-refractivity contribution in [1.29, 1.82) is 0 Å². The number of nitrogens with two attached hydrogens (primary N) is 1. The molecule has 0 aliphatic heterocycles. The second kappa shape index (κ2) is 6.20. The number of furan rings is 1. The first-order valence-corrected chi connectivity index (χ1v) is 7.24. The number of benzene rings is 2. The molecule has 0 atom stereocenters. The number of rotatable bonds is 5. The van der Waals surface area contributed by atoms with E-state index >= 15 is 0 Å². The molecule has 0 spiro atoms. The monoisotopic (exact) mass is 299 g/mol. The van der Waals surface area contributed by atoms with Crippen LogP contribution in [0.4, 0.5) is 4.39 Å². The van der Waals surface area contributed by atoms with Gasteiger partial charge in [0.15, 0.2) is 0 Å². The first-order chi connectivity index (χ1) is 10.7. The van der Waals surface area contributed by atoms with E-state index in [0.717, 1.165) is 33.6 Å². The van der Waals surface area contributed by atoms with Gasteiger partial charge in [-0.2, -0.15) is 0 Å². The fraction of sp³-hybridized carbons (Fsp3) is 0.222. The Morgan fingerprint density at radius 2 is 2.05 bits per heavy atom. The van der Waals surface area contributed by atoms with Gasteiger partial charge in [-0.1, -0.05) is 12.1 Å². The van der Waals surface area contributed by atoms with Gasteiger partial charge in [-0.3, -0.25) is 0 Å². The fourth-order valence-corrected chi connectivity index (χ4v) is 2.70. The van der Waals surface area contributed by atoms with Gasteiger partial charge in [0.1, 0.15) is 22.9 Å². The van der Waals surface area contributed by atoms with E-state index in [1.807, 2.05) is 24.3 Å². The van der Waals surface area contributed by atoms with Crippen molar-refractivity contribution in [2.45, 2.75) is 12.8 Å². The molecule has 0 aliphatic carbocycles. The molecule has 3 nitrogen and oxygen atoms in total. The van der Waals surface area contributed by atoms with Crippen molar-refractivity contribution in [1.82, 2.24) is 0 Å². The van der Waals surface area contributed by atoms with Crippen molar-refractivity contribution in [3.8, 4) is 5.75 Å². The lowest BCUT2D eigenvalue weighted by Crippen LogP contribution is -2.04. The van der Waals surface area contributed by atoms with Crippen LogP contribution in [0.5, 0.6) is 5.75 Å². The Balaban J connectivity index is 2.06. The number of fused-ring (bicyclic) bond motifs is 1. The van der Waals surface area contributed by atoms with Crippen LogP contribution in [-0.2, 0) is 12.8 Å². The van der Waals surface area contributed by atoms with Gasteiger partial charge in [0, 0.05) is 17.4 Å². The molecule has 0 fully saturated rings. The maximum Gasteiger partial charge on any atom is 0.134 e. The summed E-state index contributed by atoms with van der Waals surface area (Å²) in [6.45, 7) is 0.530. The van der Waals surface area contributed by atoms with Crippen LogP contribution in [0.2, 0.25) is 0 Å². The summed E-state index contributed by atoms with van der Waals surface area (Å²) in [5, 5.41) is 1.01. The van der Waals surface area contributed by atoms with Crippen LogP contribution >= 0.6 is 0 Å². The summed E-state index contributed by atoms with van der Waals surface area (Å²) in [5.41, 5.74) is 8.49. The van der Waals surface area contributed by atoms with Gasteiger partial charge >= 0.3 is 0 Å². The van der Waals surface area contributed by atoms with E-state index in [-0.39, 0.29) is 5.82 Å². The molecule has 0 amide bonds. The molecule has 0 radical (unpaired) electrons. The summed E-state index contributed by atoms with van der Waals surface area (Å²) in [6, 6.07) is 12.3. The zero-order chi connectivity index (χ0) is 15.5. The van der Waals surface area contributed by atoms with Gasteiger partial charge in [-0.15, -0.1) is 0 Å². The molecule has 0 saturated carbocycles. The molecule has 0 aliphatic rings. The molecule has 0 unspecified atom stereocenters. The standard InChI is InChI=1S/C18H18FNO2/c1-21-14-5-6-17-16(11-14)15(7-8-20)18(22-17)10-12-3-2-4-13(19)9-12/h2-6,9,11H,7-8,10,20H2,1H3. The van der Waals surface area contributed by atoms with E-state index in [1.54, 1.807) is 13.2 Å². The number of hydrogen-bond donors (Lipinski definition) is 1. The summed E-state index contributed by atoms with van der Waals surface area (Å²) >= 11 is 0. The Kier molecular flexibility index (Phi) is 4.11. The number of methoxy groups -OCH3 is 1. The zero-order valence-electron chi connectivity index (χ0n) is 12.4. The first-order valence-electron chi connectivity index (χ1n) is 7.24. The fourth-order valence-electron chi connectivity index (χ4n) is 2.70. The van der Waals surface area contributed by atoms with Gasteiger partial charge in [0.25, 0.3) is 0 Å². The second-order valence-electron chi connectivity index (χ2n) is 5.21. The molecule has 3 rings (SSSR count). The summed E-state index contributed by atoms with van der Waals surface area (Å²) in [4.78, 5) is 0. The summed E-state index contributed by atoms with van der Waals surface area (Å²) in [5.74, 6) is 1.37. The predicted octanol–water partition coefficient (Wildman–Crippen LogP) is 3.67. The minimum atomic E-state index is -0.240. The lowest BCUT2D eigenvalue weighted by molar-refractivity contribution is 0.415. The molecule has 2 N–H and O–H groups in total. The highest BCUT2D eigenvalue weighted by Gasteiger charge is 2.15. The molecule has 114 valence electrons. The van der Waals surface area contributed by atoms with Crippen LogP contribution < -0.4 is 10.5 Å². The van der Waals surface area contributed by atoms with Crippen LogP contribution in [0, 0.1) is 5.82 Å². The maximum atomic E-state index is 13.4. The molecule has 1 heterocycles. The number of ether oxygens (including phenoxy) is 1. The SMILES string of the molecule is COc1ccc2oc(Cc3cccc(F)c3)c(CCN)c2c1. The minimum absolute atomic E-state index is 0.240. The minimum Gasteiger partial charge on any atom is -0.497 e. The smallest absolute Gasteiger partial charge is 0.134 e. The molecule has 2 aromatic carbocycles. The molecule has 0 bridgehead atoms. The van der Waals surface area contributed by atoms with Crippen molar-refractivity contribution in [3.63, 3.8) is 0 Å².